The highest BCUT2D eigenvalue weighted by Gasteiger charge is 2.28. The molecule has 1 amide bonds. The summed E-state index contributed by atoms with van der Waals surface area (Å²) >= 11 is 0. The van der Waals surface area contributed by atoms with E-state index < -0.39 is 16.4 Å². The Hall–Kier alpha value is -1.95. The number of benzene rings is 1. The van der Waals surface area contributed by atoms with Crippen LogP contribution in [0.15, 0.2) is 18.2 Å². The molecule has 104 valence electrons. The lowest BCUT2D eigenvalue weighted by Gasteiger charge is -2.27. The Bertz CT molecular complexity index is 495. The van der Waals surface area contributed by atoms with Gasteiger partial charge in [-0.3, -0.25) is 14.9 Å². The molecule has 1 atom stereocenters. The maximum absolute atomic E-state index is 12.2. The third-order valence-electron chi connectivity index (χ3n) is 3.22. The summed E-state index contributed by atoms with van der Waals surface area (Å²) < 4.78 is 0. The van der Waals surface area contributed by atoms with Gasteiger partial charge in [-0.1, -0.05) is 19.1 Å². The van der Waals surface area contributed by atoms with Crippen molar-refractivity contribution >= 4 is 11.6 Å². The third kappa shape index (κ3) is 3.29. The Morgan fingerprint density at radius 1 is 1.53 bits per heavy atom. The third-order valence-corrected chi connectivity index (χ3v) is 3.22. The Morgan fingerprint density at radius 2 is 2.16 bits per heavy atom. The van der Waals surface area contributed by atoms with Gasteiger partial charge in [-0.25, -0.2) is 0 Å². The molecule has 0 spiro atoms. The van der Waals surface area contributed by atoms with E-state index in [0.29, 0.717) is 12.0 Å². The maximum atomic E-state index is 12.2. The maximum Gasteiger partial charge on any atom is 0.282 e. The SMILES string of the molecule is CCC(C)(CO)NC(=O)c1c(C)cccc1[N+](=O)[O-]. The number of aryl methyl sites for hydroxylation is 1. The lowest BCUT2D eigenvalue weighted by atomic mass is 9.98. The highest BCUT2D eigenvalue weighted by molar-refractivity contribution is 6.00. The zero-order chi connectivity index (χ0) is 14.6. The van der Waals surface area contributed by atoms with E-state index in [2.05, 4.69) is 5.32 Å². The number of amides is 1. The second kappa shape index (κ2) is 5.79. The highest BCUT2D eigenvalue weighted by atomic mass is 16.6. The molecule has 0 aliphatic heterocycles. The fraction of sp³-hybridized carbons (Fsp3) is 0.462. The number of hydrogen-bond acceptors (Lipinski definition) is 4. The van der Waals surface area contributed by atoms with Crippen LogP contribution in [-0.4, -0.2) is 28.1 Å². The summed E-state index contributed by atoms with van der Waals surface area (Å²) in [5.41, 5.74) is -0.439. The number of carbonyl (C=O) groups is 1. The first-order chi connectivity index (χ1) is 8.84. The number of hydrogen-bond donors (Lipinski definition) is 2. The molecule has 2 N–H and O–H groups in total. The summed E-state index contributed by atoms with van der Waals surface area (Å²) in [6.45, 7) is 4.93. The van der Waals surface area contributed by atoms with E-state index in [-0.39, 0.29) is 17.9 Å². The van der Waals surface area contributed by atoms with E-state index in [1.165, 1.54) is 12.1 Å². The molecule has 0 radical (unpaired) electrons. The van der Waals surface area contributed by atoms with E-state index >= 15 is 0 Å². The second-order valence-electron chi connectivity index (χ2n) is 4.75. The zero-order valence-corrected chi connectivity index (χ0v) is 11.3. The van der Waals surface area contributed by atoms with Gasteiger partial charge in [0.1, 0.15) is 5.56 Å². The van der Waals surface area contributed by atoms with Gasteiger partial charge in [0.15, 0.2) is 0 Å². The quantitative estimate of drug-likeness (QED) is 0.627. The van der Waals surface area contributed by atoms with E-state index in [0.717, 1.165) is 0 Å². The van der Waals surface area contributed by atoms with Crippen molar-refractivity contribution in [3.05, 3.63) is 39.4 Å². The molecule has 1 rings (SSSR count). The molecule has 6 nitrogen and oxygen atoms in total. The summed E-state index contributed by atoms with van der Waals surface area (Å²) in [5, 5.41) is 22.9. The smallest absolute Gasteiger partial charge is 0.282 e. The highest BCUT2D eigenvalue weighted by Crippen LogP contribution is 2.22. The van der Waals surface area contributed by atoms with Crippen LogP contribution in [0.2, 0.25) is 0 Å². The normalized spacial score (nSPS) is 13.7. The first kappa shape index (κ1) is 15.1. The number of rotatable bonds is 5. The van der Waals surface area contributed by atoms with Gasteiger partial charge in [-0.2, -0.15) is 0 Å². The molecule has 0 saturated heterocycles. The van der Waals surface area contributed by atoms with Crippen molar-refractivity contribution in [1.29, 1.82) is 0 Å². The standard InChI is InChI=1S/C13H18N2O4/c1-4-13(3,8-16)14-12(17)11-9(2)6-5-7-10(11)15(18)19/h5-7,16H,4,8H2,1-3H3,(H,14,17). The first-order valence-corrected chi connectivity index (χ1v) is 6.02. The van der Waals surface area contributed by atoms with Gasteiger partial charge in [0.25, 0.3) is 11.6 Å². The van der Waals surface area contributed by atoms with Crippen molar-refractivity contribution in [3.8, 4) is 0 Å². The molecule has 1 aromatic rings. The van der Waals surface area contributed by atoms with Crippen molar-refractivity contribution < 1.29 is 14.8 Å². The molecule has 0 fully saturated rings. The van der Waals surface area contributed by atoms with E-state index in [4.69, 9.17) is 0 Å². The Balaban J connectivity index is 3.16. The summed E-state index contributed by atoms with van der Waals surface area (Å²) in [4.78, 5) is 22.6. The number of carbonyl (C=O) groups excluding carboxylic acids is 1. The van der Waals surface area contributed by atoms with E-state index in [1.54, 1.807) is 19.9 Å². The van der Waals surface area contributed by atoms with Gasteiger partial charge in [0, 0.05) is 6.07 Å². The van der Waals surface area contributed by atoms with Gasteiger partial charge in [0.05, 0.1) is 17.1 Å². The average Bonchev–Trinajstić information content (AvgIpc) is 2.37. The molecule has 0 bridgehead atoms. The molecular formula is C13H18N2O4. The predicted molar refractivity (Wildman–Crippen MR) is 71.1 cm³/mol. The van der Waals surface area contributed by atoms with Crippen LogP contribution in [-0.2, 0) is 0 Å². The van der Waals surface area contributed by atoms with Crippen molar-refractivity contribution in [2.24, 2.45) is 0 Å². The Kier molecular flexibility index (Phi) is 4.61. The Labute approximate surface area is 111 Å². The van der Waals surface area contributed by atoms with Crippen LogP contribution in [0.25, 0.3) is 0 Å². The minimum atomic E-state index is -0.784. The zero-order valence-electron chi connectivity index (χ0n) is 11.3. The molecule has 0 saturated carbocycles. The van der Waals surface area contributed by atoms with Crippen molar-refractivity contribution in [2.75, 3.05) is 6.61 Å². The van der Waals surface area contributed by atoms with Gasteiger partial charge in [-0.15, -0.1) is 0 Å². The fourth-order valence-corrected chi connectivity index (χ4v) is 1.68. The van der Waals surface area contributed by atoms with Gasteiger partial charge in [0.2, 0.25) is 0 Å². The number of aliphatic hydroxyl groups excluding tert-OH is 1. The van der Waals surface area contributed by atoms with E-state index in [9.17, 15) is 20.0 Å². The Morgan fingerprint density at radius 3 is 2.63 bits per heavy atom. The van der Waals surface area contributed by atoms with Crippen LogP contribution in [0.4, 0.5) is 5.69 Å². The summed E-state index contributed by atoms with van der Waals surface area (Å²) in [6, 6.07) is 4.48. The van der Waals surface area contributed by atoms with Crippen molar-refractivity contribution in [1.82, 2.24) is 5.32 Å². The van der Waals surface area contributed by atoms with E-state index in [1.807, 2.05) is 6.92 Å². The molecule has 0 aromatic heterocycles. The molecule has 0 aliphatic rings. The van der Waals surface area contributed by atoms with Crippen LogP contribution < -0.4 is 5.32 Å². The molecule has 1 aromatic carbocycles. The second-order valence-corrected chi connectivity index (χ2v) is 4.75. The minimum Gasteiger partial charge on any atom is -0.394 e. The van der Waals surface area contributed by atoms with Crippen LogP contribution >= 0.6 is 0 Å². The number of nitrogens with one attached hydrogen (secondary N) is 1. The van der Waals surface area contributed by atoms with Crippen LogP contribution in [0.3, 0.4) is 0 Å². The fourth-order valence-electron chi connectivity index (χ4n) is 1.68. The lowest BCUT2D eigenvalue weighted by Crippen LogP contribution is -2.48. The monoisotopic (exact) mass is 266 g/mol. The summed E-state index contributed by atoms with van der Waals surface area (Å²) in [5.74, 6) is -0.539. The topological polar surface area (TPSA) is 92.5 Å². The summed E-state index contributed by atoms with van der Waals surface area (Å²) in [6.07, 6.45) is 0.523. The average molecular weight is 266 g/mol. The number of aliphatic hydroxyl groups is 1. The van der Waals surface area contributed by atoms with Crippen LogP contribution in [0, 0.1) is 17.0 Å². The molecule has 19 heavy (non-hydrogen) atoms. The first-order valence-electron chi connectivity index (χ1n) is 6.02. The minimum absolute atomic E-state index is 0.0422. The molecule has 0 heterocycles. The molecule has 1 unspecified atom stereocenters. The number of nitrogens with zero attached hydrogens (tertiary/aromatic N) is 1. The van der Waals surface area contributed by atoms with Crippen molar-refractivity contribution in [3.63, 3.8) is 0 Å². The number of nitro benzene ring substituents is 1. The predicted octanol–water partition coefficient (Wildman–Crippen LogP) is 1.79. The van der Waals surface area contributed by atoms with Gasteiger partial charge >= 0.3 is 0 Å². The molecule has 0 aliphatic carbocycles. The summed E-state index contributed by atoms with van der Waals surface area (Å²) in [7, 11) is 0. The molecule has 6 heteroatoms. The van der Waals surface area contributed by atoms with Crippen LogP contribution in [0.5, 0.6) is 0 Å². The lowest BCUT2D eigenvalue weighted by molar-refractivity contribution is -0.385. The van der Waals surface area contributed by atoms with Gasteiger partial charge < -0.3 is 10.4 Å². The van der Waals surface area contributed by atoms with Gasteiger partial charge in [-0.05, 0) is 25.8 Å². The largest absolute Gasteiger partial charge is 0.394 e. The van der Waals surface area contributed by atoms with Crippen LogP contribution in [0.1, 0.15) is 36.2 Å². The van der Waals surface area contributed by atoms with Crippen molar-refractivity contribution in [2.45, 2.75) is 32.7 Å². The number of nitro groups is 1. The molecular weight excluding hydrogens is 248 g/mol.